The van der Waals surface area contributed by atoms with Crippen LogP contribution < -0.4 is 14.9 Å². The molecule has 3 rings (SSSR count). The van der Waals surface area contributed by atoms with Crippen molar-refractivity contribution < 1.29 is 23.8 Å². The van der Waals surface area contributed by atoms with Crippen molar-refractivity contribution in [1.29, 1.82) is 0 Å². The normalized spacial score (nSPS) is 10.9. The number of rotatable bonds is 10. The molecule has 2 aromatic carbocycles. The van der Waals surface area contributed by atoms with Gasteiger partial charge in [-0.25, -0.2) is 4.79 Å². The highest BCUT2D eigenvalue weighted by molar-refractivity contribution is 5.89. The fourth-order valence-electron chi connectivity index (χ4n) is 3.38. The van der Waals surface area contributed by atoms with E-state index < -0.39 is 5.97 Å². The average molecular weight is 410 g/mol. The summed E-state index contributed by atoms with van der Waals surface area (Å²) in [4.78, 5) is 23.4. The van der Waals surface area contributed by atoms with Crippen molar-refractivity contribution in [3.8, 4) is 11.5 Å². The fraction of sp³-hybridized carbons (Fsp3) is 0.333. The third-order valence-electron chi connectivity index (χ3n) is 4.82. The SMILES string of the molecule is CCCc1ccccc1OCCCOc1ccc2c(=O)cc(C(=O)O)oc2c1CC. The number of hydrogen-bond donors (Lipinski definition) is 1. The molecule has 0 bridgehead atoms. The first kappa shape index (κ1) is 21.4. The van der Waals surface area contributed by atoms with E-state index in [1.54, 1.807) is 12.1 Å². The summed E-state index contributed by atoms with van der Waals surface area (Å²) >= 11 is 0. The summed E-state index contributed by atoms with van der Waals surface area (Å²) in [6.07, 6.45) is 3.26. The van der Waals surface area contributed by atoms with Gasteiger partial charge in [0.1, 0.15) is 17.1 Å². The van der Waals surface area contributed by atoms with E-state index in [2.05, 4.69) is 13.0 Å². The molecule has 0 aliphatic heterocycles. The van der Waals surface area contributed by atoms with Crippen molar-refractivity contribution in [3.05, 3.63) is 69.6 Å². The number of carbonyl (C=O) groups is 1. The second kappa shape index (κ2) is 9.96. The van der Waals surface area contributed by atoms with Gasteiger partial charge < -0.3 is 19.0 Å². The number of aromatic carboxylic acids is 1. The molecular formula is C24H26O6. The Morgan fingerprint density at radius 1 is 1.03 bits per heavy atom. The minimum Gasteiger partial charge on any atom is -0.493 e. The van der Waals surface area contributed by atoms with E-state index in [1.165, 1.54) is 5.56 Å². The Morgan fingerprint density at radius 2 is 1.77 bits per heavy atom. The van der Waals surface area contributed by atoms with E-state index >= 15 is 0 Å². The van der Waals surface area contributed by atoms with Crippen LogP contribution in [0.5, 0.6) is 11.5 Å². The topological polar surface area (TPSA) is 86.0 Å². The van der Waals surface area contributed by atoms with Crippen LogP contribution in [0.15, 0.2) is 51.7 Å². The zero-order valence-corrected chi connectivity index (χ0v) is 17.3. The maximum atomic E-state index is 12.2. The molecular weight excluding hydrogens is 384 g/mol. The van der Waals surface area contributed by atoms with Gasteiger partial charge in [0.05, 0.1) is 18.6 Å². The van der Waals surface area contributed by atoms with Crippen LogP contribution in [-0.2, 0) is 12.8 Å². The number of benzene rings is 2. The van der Waals surface area contributed by atoms with Crippen LogP contribution in [-0.4, -0.2) is 24.3 Å². The maximum absolute atomic E-state index is 12.2. The van der Waals surface area contributed by atoms with E-state index in [1.807, 2.05) is 25.1 Å². The van der Waals surface area contributed by atoms with Gasteiger partial charge in [-0.2, -0.15) is 0 Å². The highest BCUT2D eigenvalue weighted by atomic mass is 16.5. The number of ether oxygens (including phenoxy) is 2. The van der Waals surface area contributed by atoms with Crippen LogP contribution in [0.25, 0.3) is 11.0 Å². The van der Waals surface area contributed by atoms with Crippen molar-refractivity contribution in [2.75, 3.05) is 13.2 Å². The molecule has 0 amide bonds. The molecule has 0 atom stereocenters. The number of carboxylic acids is 1. The molecule has 0 saturated heterocycles. The van der Waals surface area contributed by atoms with Crippen molar-refractivity contribution in [1.82, 2.24) is 0 Å². The van der Waals surface area contributed by atoms with Crippen LogP contribution in [0.1, 0.15) is 48.4 Å². The zero-order valence-electron chi connectivity index (χ0n) is 17.3. The Morgan fingerprint density at radius 3 is 2.47 bits per heavy atom. The van der Waals surface area contributed by atoms with E-state index in [-0.39, 0.29) is 16.8 Å². The lowest BCUT2D eigenvalue weighted by Crippen LogP contribution is -2.09. The maximum Gasteiger partial charge on any atom is 0.371 e. The molecule has 0 spiro atoms. The van der Waals surface area contributed by atoms with E-state index in [0.717, 1.165) is 24.7 Å². The average Bonchev–Trinajstić information content (AvgIpc) is 2.74. The van der Waals surface area contributed by atoms with Gasteiger partial charge in [-0.05, 0) is 36.6 Å². The molecule has 1 heterocycles. The molecule has 6 heteroatoms. The van der Waals surface area contributed by atoms with Gasteiger partial charge in [-0.1, -0.05) is 38.5 Å². The van der Waals surface area contributed by atoms with Gasteiger partial charge in [0.15, 0.2) is 5.43 Å². The van der Waals surface area contributed by atoms with Crippen LogP contribution in [0.2, 0.25) is 0 Å². The van der Waals surface area contributed by atoms with E-state index in [0.29, 0.717) is 42.8 Å². The second-order valence-electron chi connectivity index (χ2n) is 6.96. The smallest absolute Gasteiger partial charge is 0.371 e. The van der Waals surface area contributed by atoms with Crippen molar-refractivity contribution in [2.45, 2.75) is 39.5 Å². The minimum atomic E-state index is -1.28. The molecule has 1 N–H and O–H groups in total. The van der Waals surface area contributed by atoms with Gasteiger partial charge in [0, 0.05) is 18.1 Å². The number of aryl methyl sites for hydroxylation is 2. The Balaban J connectivity index is 1.68. The lowest BCUT2D eigenvalue weighted by molar-refractivity contribution is 0.0663. The highest BCUT2D eigenvalue weighted by Gasteiger charge is 2.16. The van der Waals surface area contributed by atoms with Crippen molar-refractivity contribution >= 4 is 16.9 Å². The molecule has 3 aromatic rings. The van der Waals surface area contributed by atoms with Gasteiger partial charge in [-0.15, -0.1) is 0 Å². The summed E-state index contributed by atoms with van der Waals surface area (Å²) in [6.45, 7) is 5.00. The summed E-state index contributed by atoms with van der Waals surface area (Å²) in [5.74, 6) is -0.161. The Kier molecular flexibility index (Phi) is 7.12. The Hall–Kier alpha value is -3.28. The van der Waals surface area contributed by atoms with Crippen molar-refractivity contribution in [3.63, 3.8) is 0 Å². The molecule has 30 heavy (non-hydrogen) atoms. The Bertz CT molecular complexity index is 1080. The summed E-state index contributed by atoms with van der Waals surface area (Å²) in [7, 11) is 0. The molecule has 0 saturated carbocycles. The predicted octanol–water partition coefficient (Wildman–Crippen LogP) is 4.85. The lowest BCUT2D eigenvalue weighted by atomic mass is 10.1. The van der Waals surface area contributed by atoms with E-state index in [9.17, 15) is 14.7 Å². The molecule has 1 aromatic heterocycles. The first-order chi connectivity index (χ1) is 14.5. The van der Waals surface area contributed by atoms with E-state index in [4.69, 9.17) is 13.9 Å². The molecule has 6 nitrogen and oxygen atoms in total. The van der Waals surface area contributed by atoms with Gasteiger partial charge in [0.25, 0.3) is 0 Å². The van der Waals surface area contributed by atoms with Crippen LogP contribution in [0.3, 0.4) is 0 Å². The summed E-state index contributed by atoms with van der Waals surface area (Å²) < 4.78 is 17.3. The van der Waals surface area contributed by atoms with Crippen LogP contribution in [0, 0.1) is 0 Å². The summed E-state index contributed by atoms with van der Waals surface area (Å²) in [5.41, 5.74) is 1.77. The van der Waals surface area contributed by atoms with Gasteiger partial charge >= 0.3 is 5.97 Å². The van der Waals surface area contributed by atoms with Crippen LogP contribution in [0.4, 0.5) is 0 Å². The summed E-state index contributed by atoms with van der Waals surface area (Å²) in [6, 6.07) is 12.4. The monoisotopic (exact) mass is 410 g/mol. The second-order valence-corrected chi connectivity index (χ2v) is 6.96. The third-order valence-corrected chi connectivity index (χ3v) is 4.82. The molecule has 0 unspecified atom stereocenters. The zero-order chi connectivity index (χ0) is 21.5. The summed E-state index contributed by atoms with van der Waals surface area (Å²) in [5, 5.41) is 9.52. The third kappa shape index (κ3) is 4.82. The molecule has 0 fully saturated rings. The molecule has 0 aliphatic rings. The fourth-order valence-corrected chi connectivity index (χ4v) is 3.38. The molecule has 158 valence electrons. The number of hydrogen-bond acceptors (Lipinski definition) is 5. The standard InChI is InChI=1S/C24H26O6/c1-3-8-16-9-5-6-10-20(16)28-13-7-14-29-21-12-11-18-19(25)15-22(24(26)27)30-23(18)17(21)4-2/h5-6,9-12,15H,3-4,7-8,13-14H2,1-2H3,(H,26,27). The number of fused-ring (bicyclic) bond motifs is 1. The predicted molar refractivity (Wildman–Crippen MR) is 115 cm³/mol. The highest BCUT2D eigenvalue weighted by Crippen LogP contribution is 2.28. The van der Waals surface area contributed by atoms with Crippen LogP contribution >= 0.6 is 0 Å². The molecule has 0 aliphatic carbocycles. The quantitative estimate of drug-likeness (QED) is 0.481. The number of para-hydroxylation sites is 1. The number of carboxylic acid groups (broad SMARTS) is 1. The largest absolute Gasteiger partial charge is 0.493 e. The van der Waals surface area contributed by atoms with Gasteiger partial charge in [0.2, 0.25) is 5.76 Å². The molecule has 0 radical (unpaired) electrons. The van der Waals surface area contributed by atoms with Crippen molar-refractivity contribution in [2.24, 2.45) is 0 Å². The minimum absolute atomic E-state index is 0.268. The first-order valence-electron chi connectivity index (χ1n) is 10.2. The lowest BCUT2D eigenvalue weighted by Gasteiger charge is -2.14. The first-order valence-corrected chi connectivity index (χ1v) is 10.2. The Labute approximate surface area is 175 Å². The van der Waals surface area contributed by atoms with Gasteiger partial charge in [-0.3, -0.25) is 4.79 Å².